The highest BCUT2D eigenvalue weighted by Gasteiger charge is 2.22. The summed E-state index contributed by atoms with van der Waals surface area (Å²) in [5.41, 5.74) is 2.03. The van der Waals surface area contributed by atoms with Crippen LogP contribution in [0.2, 0.25) is 0 Å². The largest absolute Gasteiger partial charge is 0.368 e. The van der Waals surface area contributed by atoms with Gasteiger partial charge in [-0.3, -0.25) is 9.59 Å². The summed E-state index contributed by atoms with van der Waals surface area (Å²) in [6, 6.07) is 16.3. The molecule has 2 aromatic carbocycles. The lowest BCUT2D eigenvalue weighted by Crippen LogP contribution is -2.49. The van der Waals surface area contributed by atoms with Gasteiger partial charge in [0.25, 0.3) is 0 Å². The minimum Gasteiger partial charge on any atom is -0.368 e. The smallest absolute Gasteiger partial charge is 0.224 e. The molecule has 1 aliphatic heterocycles. The normalized spacial score (nSPS) is 14.1. The van der Waals surface area contributed by atoms with Gasteiger partial charge in [-0.15, -0.1) is 0 Å². The van der Waals surface area contributed by atoms with Gasteiger partial charge in [0, 0.05) is 58.3 Å². The number of amides is 2. The molecule has 0 saturated carbocycles. The molecule has 1 aliphatic rings. The van der Waals surface area contributed by atoms with E-state index >= 15 is 0 Å². The monoisotopic (exact) mass is 383 g/mol. The van der Waals surface area contributed by atoms with Crippen molar-refractivity contribution in [2.75, 3.05) is 37.6 Å². The third-order valence-corrected chi connectivity index (χ3v) is 5.08. The number of hydrogen-bond donors (Lipinski definition) is 0. The van der Waals surface area contributed by atoms with Crippen LogP contribution in [-0.4, -0.2) is 54.3 Å². The van der Waals surface area contributed by atoms with Crippen molar-refractivity contribution >= 4 is 17.5 Å². The summed E-state index contributed by atoms with van der Waals surface area (Å²) in [4.78, 5) is 30.3. The first-order valence-electron chi connectivity index (χ1n) is 9.60. The zero-order valence-electron chi connectivity index (χ0n) is 16.2. The average molecular weight is 383 g/mol. The SMILES string of the molecule is CC(=O)N(CCC(=O)N1CCN(c2ccccc2)CC1)Cc1ccc(F)cc1. The van der Waals surface area contributed by atoms with Crippen LogP contribution in [0.5, 0.6) is 0 Å². The number of hydrogen-bond acceptors (Lipinski definition) is 3. The third kappa shape index (κ3) is 5.31. The molecular formula is C22H26FN3O2. The van der Waals surface area contributed by atoms with Crippen LogP contribution in [0.4, 0.5) is 10.1 Å². The number of anilines is 1. The maximum absolute atomic E-state index is 13.0. The molecule has 0 spiro atoms. The summed E-state index contributed by atoms with van der Waals surface area (Å²) < 4.78 is 13.0. The van der Waals surface area contributed by atoms with Crippen molar-refractivity contribution < 1.29 is 14.0 Å². The Hall–Kier alpha value is -2.89. The van der Waals surface area contributed by atoms with E-state index in [1.54, 1.807) is 17.0 Å². The minimum atomic E-state index is -0.303. The Kier molecular flexibility index (Phi) is 6.63. The fourth-order valence-electron chi connectivity index (χ4n) is 3.40. The van der Waals surface area contributed by atoms with Gasteiger partial charge in [0.1, 0.15) is 5.82 Å². The van der Waals surface area contributed by atoms with Gasteiger partial charge in [0.2, 0.25) is 11.8 Å². The van der Waals surface area contributed by atoms with Crippen LogP contribution >= 0.6 is 0 Å². The third-order valence-electron chi connectivity index (χ3n) is 5.08. The minimum absolute atomic E-state index is 0.0677. The fraction of sp³-hybridized carbons (Fsp3) is 0.364. The number of benzene rings is 2. The molecule has 1 saturated heterocycles. The van der Waals surface area contributed by atoms with Crippen LogP contribution in [0.15, 0.2) is 54.6 Å². The summed E-state index contributed by atoms with van der Waals surface area (Å²) in [5.74, 6) is -0.327. The van der Waals surface area contributed by atoms with Crippen molar-refractivity contribution in [3.63, 3.8) is 0 Å². The van der Waals surface area contributed by atoms with Crippen molar-refractivity contribution in [2.45, 2.75) is 19.9 Å². The second-order valence-corrected chi connectivity index (χ2v) is 7.02. The standard InChI is InChI=1S/C22H26FN3O2/c1-18(27)26(17-19-7-9-20(23)10-8-19)12-11-22(28)25-15-13-24(14-16-25)21-5-3-2-4-6-21/h2-10H,11-17H2,1H3. The number of carbonyl (C=O) groups excluding carboxylic acids is 2. The highest BCUT2D eigenvalue weighted by molar-refractivity contribution is 5.78. The highest BCUT2D eigenvalue weighted by atomic mass is 19.1. The Morgan fingerprint density at radius 3 is 2.21 bits per heavy atom. The Labute approximate surface area is 165 Å². The molecule has 0 aromatic heterocycles. The lowest BCUT2D eigenvalue weighted by Gasteiger charge is -2.36. The maximum atomic E-state index is 13.0. The molecule has 0 bridgehead atoms. The quantitative estimate of drug-likeness (QED) is 0.770. The predicted octanol–water partition coefficient (Wildman–Crippen LogP) is 2.91. The van der Waals surface area contributed by atoms with E-state index in [0.29, 0.717) is 32.6 Å². The van der Waals surface area contributed by atoms with E-state index in [0.717, 1.165) is 18.7 Å². The van der Waals surface area contributed by atoms with E-state index in [4.69, 9.17) is 0 Å². The molecule has 2 amide bonds. The molecular weight excluding hydrogens is 357 g/mol. The summed E-state index contributed by atoms with van der Waals surface area (Å²) >= 11 is 0. The van der Waals surface area contributed by atoms with Crippen LogP contribution < -0.4 is 4.90 Å². The van der Waals surface area contributed by atoms with E-state index in [1.807, 2.05) is 23.1 Å². The lowest BCUT2D eigenvalue weighted by atomic mass is 10.2. The zero-order valence-corrected chi connectivity index (χ0v) is 16.2. The molecule has 2 aromatic rings. The Morgan fingerprint density at radius 2 is 1.61 bits per heavy atom. The molecule has 1 fully saturated rings. The van der Waals surface area contributed by atoms with E-state index in [2.05, 4.69) is 17.0 Å². The molecule has 3 rings (SSSR count). The first-order chi connectivity index (χ1) is 13.5. The summed E-state index contributed by atoms with van der Waals surface area (Å²) in [5, 5.41) is 0. The van der Waals surface area contributed by atoms with Gasteiger partial charge in [-0.1, -0.05) is 30.3 Å². The molecule has 0 aliphatic carbocycles. The predicted molar refractivity (Wildman–Crippen MR) is 107 cm³/mol. The number of carbonyl (C=O) groups is 2. The van der Waals surface area contributed by atoms with Crippen LogP contribution in [0.1, 0.15) is 18.9 Å². The molecule has 148 valence electrons. The Bertz CT molecular complexity index is 787. The first kappa shape index (κ1) is 19.9. The van der Waals surface area contributed by atoms with E-state index in [9.17, 15) is 14.0 Å². The van der Waals surface area contributed by atoms with Crippen molar-refractivity contribution in [2.24, 2.45) is 0 Å². The topological polar surface area (TPSA) is 43.9 Å². The van der Waals surface area contributed by atoms with Crippen molar-refractivity contribution in [1.29, 1.82) is 0 Å². The maximum Gasteiger partial charge on any atom is 0.224 e. The van der Waals surface area contributed by atoms with Gasteiger partial charge in [-0.25, -0.2) is 4.39 Å². The van der Waals surface area contributed by atoms with Crippen molar-refractivity contribution in [3.8, 4) is 0 Å². The Balaban J connectivity index is 1.48. The highest BCUT2D eigenvalue weighted by Crippen LogP contribution is 2.16. The first-order valence-corrected chi connectivity index (χ1v) is 9.60. The number of nitrogens with zero attached hydrogens (tertiary/aromatic N) is 3. The fourth-order valence-corrected chi connectivity index (χ4v) is 3.40. The van der Waals surface area contributed by atoms with Crippen LogP contribution in [-0.2, 0) is 16.1 Å². The second-order valence-electron chi connectivity index (χ2n) is 7.02. The summed E-state index contributed by atoms with van der Waals surface area (Å²) in [6.45, 7) is 5.22. The van der Waals surface area contributed by atoms with Gasteiger partial charge in [0.05, 0.1) is 0 Å². The van der Waals surface area contributed by atoms with Crippen LogP contribution in [0.3, 0.4) is 0 Å². The average Bonchev–Trinajstić information content (AvgIpc) is 2.73. The molecule has 0 atom stereocenters. The van der Waals surface area contributed by atoms with Gasteiger partial charge < -0.3 is 14.7 Å². The molecule has 0 unspecified atom stereocenters. The lowest BCUT2D eigenvalue weighted by molar-refractivity contribution is -0.134. The van der Waals surface area contributed by atoms with Crippen LogP contribution in [0, 0.1) is 5.82 Å². The molecule has 6 heteroatoms. The summed E-state index contributed by atoms with van der Waals surface area (Å²) in [6.07, 6.45) is 0.298. The van der Waals surface area contributed by atoms with Gasteiger partial charge >= 0.3 is 0 Å². The van der Waals surface area contributed by atoms with Gasteiger partial charge in [-0.05, 0) is 29.8 Å². The number of halogens is 1. The Morgan fingerprint density at radius 1 is 0.964 bits per heavy atom. The molecule has 0 N–H and O–H groups in total. The van der Waals surface area contributed by atoms with E-state index < -0.39 is 0 Å². The molecule has 28 heavy (non-hydrogen) atoms. The zero-order chi connectivity index (χ0) is 19.9. The summed E-state index contributed by atoms with van der Waals surface area (Å²) in [7, 11) is 0. The number of para-hydroxylation sites is 1. The molecule has 0 radical (unpaired) electrons. The van der Waals surface area contributed by atoms with E-state index in [1.165, 1.54) is 24.7 Å². The number of rotatable bonds is 6. The number of piperazine rings is 1. The second kappa shape index (κ2) is 9.35. The molecule has 1 heterocycles. The van der Waals surface area contributed by atoms with Crippen molar-refractivity contribution in [3.05, 3.63) is 66.0 Å². The van der Waals surface area contributed by atoms with E-state index in [-0.39, 0.29) is 17.6 Å². The van der Waals surface area contributed by atoms with Gasteiger partial charge in [0.15, 0.2) is 0 Å². The molecule has 5 nitrogen and oxygen atoms in total. The van der Waals surface area contributed by atoms with Crippen LogP contribution in [0.25, 0.3) is 0 Å². The van der Waals surface area contributed by atoms with Crippen molar-refractivity contribution in [1.82, 2.24) is 9.80 Å². The van der Waals surface area contributed by atoms with Gasteiger partial charge in [-0.2, -0.15) is 0 Å².